The number of amides is 1. The Kier molecular flexibility index (Phi) is 5.20. The molecular weight excluding hydrogens is 378 g/mol. The van der Waals surface area contributed by atoms with Gasteiger partial charge in [0, 0.05) is 24.2 Å². The van der Waals surface area contributed by atoms with Crippen LogP contribution in [0.1, 0.15) is 53.5 Å². The number of methoxy groups -OCH3 is 1. The second kappa shape index (κ2) is 7.82. The van der Waals surface area contributed by atoms with E-state index in [0.29, 0.717) is 22.8 Å². The molecule has 1 aliphatic rings. The molecule has 0 bridgehead atoms. The van der Waals surface area contributed by atoms with Gasteiger partial charge in [-0.25, -0.2) is 15.0 Å². The molecule has 1 amide bonds. The Hall–Kier alpha value is -3.35. The van der Waals surface area contributed by atoms with Crippen LogP contribution >= 0.6 is 0 Å². The van der Waals surface area contributed by atoms with Crippen molar-refractivity contribution in [1.29, 1.82) is 0 Å². The van der Waals surface area contributed by atoms with E-state index in [4.69, 9.17) is 9.72 Å². The molecule has 0 radical (unpaired) electrons. The highest BCUT2D eigenvalue weighted by Gasteiger charge is 2.35. The zero-order valence-electron chi connectivity index (χ0n) is 17.6. The van der Waals surface area contributed by atoms with Gasteiger partial charge in [0.2, 0.25) is 0 Å². The molecule has 0 spiro atoms. The summed E-state index contributed by atoms with van der Waals surface area (Å²) in [4.78, 5) is 30.8. The number of hydrogen-bond donors (Lipinski definition) is 1. The highest BCUT2D eigenvalue weighted by Crippen LogP contribution is 2.40. The third-order valence-electron chi connectivity index (χ3n) is 5.44. The van der Waals surface area contributed by atoms with E-state index in [0.717, 1.165) is 29.7 Å². The summed E-state index contributed by atoms with van der Waals surface area (Å²) in [6.45, 7) is 6.30. The highest BCUT2D eigenvalue weighted by molar-refractivity contribution is 5.97. The summed E-state index contributed by atoms with van der Waals surface area (Å²) in [5.41, 5.74) is 3.94. The van der Waals surface area contributed by atoms with Crippen molar-refractivity contribution in [3.05, 3.63) is 65.4 Å². The van der Waals surface area contributed by atoms with Crippen molar-refractivity contribution in [3.8, 4) is 17.3 Å². The van der Waals surface area contributed by atoms with Crippen molar-refractivity contribution in [3.63, 3.8) is 0 Å². The van der Waals surface area contributed by atoms with Crippen molar-refractivity contribution in [1.82, 2.24) is 25.3 Å². The van der Waals surface area contributed by atoms with Crippen molar-refractivity contribution >= 4 is 5.91 Å². The van der Waals surface area contributed by atoms with E-state index in [1.54, 1.807) is 38.0 Å². The Labute approximate surface area is 176 Å². The zero-order chi connectivity index (χ0) is 21.3. The number of aryl methyl sites for hydroxylation is 1. The molecule has 1 aromatic carbocycles. The molecule has 1 atom stereocenters. The van der Waals surface area contributed by atoms with Crippen molar-refractivity contribution in [2.75, 3.05) is 7.11 Å². The van der Waals surface area contributed by atoms with Crippen LogP contribution in [0, 0.1) is 12.3 Å². The van der Waals surface area contributed by atoms with Crippen LogP contribution in [0.2, 0.25) is 0 Å². The van der Waals surface area contributed by atoms with Crippen LogP contribution in [-0.2, 0) is 6.42 Å². The Morgan fingerprint density at radius 2 is 2.03 bits per heavy atom. The van der Waals surface area contributed by atoms with Crippen molar-refractivity contribution < 1.29 is 9.53 Å². The topological polar surface area (TPSA) is 89.9 Å². The normalized spacial score (nSPS) is 17.1. The second-order valence-electron chi connectivity index (χ2n) is 8.41. The molecule has 7 nitrogen and oxygen atoms in total. The van der Waals surface area contributed by atoms with Gasteiger partial charge in [-0.3, -0.25) is 9.78 Å². The SMILES string of the molecule is COc1c(C)cccc1C(=O)N[C@@H]1CC(C)(C)Cc2nc(-c3cnccn3)ncc21. The van der Waals surface area contributed by atoms with Gasteiger partial charge in [0.15, 0.2) is 5.82 Å². The average Bonchev–Trinajstić information content (AvgIpc) is 2.73. The van der Waals surface area contributed by atoms with Gasteiger partial charge in [0.05, 0.1) is 30.6 Å². The second-order valence-corrected chi connectivity index (χ2v) is 8.41. The highest BCUT2D eigenvalue weighted by atomic mass is 16.5. The smallest absolute Gasteiger partial charge is 0.255 e. The molecule has 7 heteroatoms. The molecule has 1 aliphatic carbocycles. The molecule has 154 valence electrons. The van der Waals surface area contributed by atoms with Crippen LogP contribution in [0.5, 0.6) is 5.75 Å². The Morgan fingerprint density at radius 1 is 1.20 bits per heavy atom. The molecule has 0 unspecified atom stereocenters. The number of carbonyl (C=O) groups excluding carboxylic acids is 1. The zero-order valence-corrected chi connectivity index (χ0v) is 17.6. The van der Waals surface area contributed by atoms with Gasteiger partial charge in [-0.1, -0.05) is 26.0 Å². The van der Waals surface area contributed by atoms with E-state index in [1.165, 1.54) is 0 Å². The largest absolute Gasteiger partial charge is 0.496 e. The molecule has 0 saturated heterocycles. The minimum Gasteiger partial charge on any atom is -0.496 e. The summed E-state index contributed by atoms with van der Waals surface area (Å²) in [6, 6.07) is 5.39. The van der Waals surface area contributed by atoms with Crippen LogP contribution < -0.4 is 10.1 Å². The molecule has 2 heterocycles. The lowest BCUT2D eigenvalue weighted by atomic mass is 9.74. The molecule has 0 fully saturated rings. The number of ether oxygens (including phenoxy) is 1. The van der Waals surface area contributed by atoms with Gasteiger partial charge in [0.25, 0.3) is 5.91 Å². The third kappa shape index (κ3) is 3.87. The van der Waals surface area contributed by atoms with Gasteiger partial charge < -0.3 is 10.1 Å². The molecule has 30 heavy (non-hydrogen) atoms. The first-order valence-electron chi connectivity index (χ1n) is 9.94. The summed E-state index contributed by atoms with van der Waals surface area (Å²) in [7, 11) is 1.58. The van der Waals surface area contributed by atoms with Gasteiger partial charge in [-0.05, 0) is 36.8 Å². The fourth-order valence-electron chi connectivity index (χ4n) is 4.05. The summed E-state index contributed by atoms with van der Waals surface area (Å²) in [5, 5.41) is 3.18. The lowest BCUT2D eigenvalue weighted by Crippen LogP contribution is -2.37. The Bertz CT molecular complexity index is 1080. The molecule has 4 rings (SSSR count). The van der Waals surface area contributed by atoms with E-state index in [9.17, 15) is 4.79 Å². The number of rotatable bonds is 4. The van der Waals surface area contributed by atoms with E-state index in [1.807, 2.05) is 19.1 Å². The number of benzene rings is 1. The predicted octanol–water partition coefficient (Wildman–Crippen LogP) is 3.69. The van der Waals surface area contributed by atoms with Crippen molar-refractivity contribution in [2.24, 2.45) is 5.41 Å². The molecule has 0 aliphatic heterocycles. The maximum Gasteiger partial charge on any atom is 0.255 e. The van der Waals surface area contributed by atoms with Gasteiger partial charge in [-0.15, -0.1) is 0 Å². The molecule has 3 aromatic rings. The van der Waals surface area contributed by atoms with Gasteiger partial charge in [0.1, 0.15) is 11.4 Å². The predicted molar refractivity (Wildman–Crippen MR) is 113 cm³/mol. The Morgan fingerprint density at radius 3 is 2.77 bits per heavy atom. The molecule has 1 N–H and O–H groups in total. The lowest BCUT2D eigenvalue weighted by Gasteiger charge is -2.36. The fraction of sp³-hybridized carbons (Fsp3) is 0.348. The molecule has 0 saturated carbocycles. The number of hydrogen-bond acceptors (Lipinski definition) is 6. The standard InChI is InChI=1S/C23H25N5O2/c1-14-6-5-7-15(20(14)30-4)22(29)28-18-11-23(2,3)10-17-16(18)12-26-21(27-17)19-13-24-8-9-25-19/h5-9,12-13,18H,10-11H2,1-4H3,(H,28,29)/t18-/m1/s1. The summed E-state index contributed by atoms with van der Waals surface area (Å²) >= 11 is 0. The average molecular weight is 403 g/mol. The minimum absolute atomic E-state index is 0.0182. The van der Waals surface area contributed by atoms with Crippen molar-refractivity contribution in [2.45, 2.75) is 39.7 Å². The van der Waals surface area contributed by atoms with Crippen LogP contribution in [0.25, 0.3) is 11.5 Å². The van der Waals surface area contributed by atoms with E-state index in [-0.39, 0.29) is 17.4 Å². The first kappa shape index (κ1) is 19.9. The van der Waals surface area contributed by atoms with E-state index < -0.39 is 0 Å². The van der Waals surface area contributed by atoms with Crippen LogP contribution in [0.15, 0.2) is 43.0 Å². The summed E-state index contributed by atoms with van der Waals surface area (Å²) < 4.78 is 5.46. The number of para-hydroxylation sites is 1. The quantitative estimate of drug-likeness (QED) is 0.714. The summed E-state index contributed by atoms with van der Waals surface area (Å²) in [5.74, 6) is 0.978. The van der Waals surface area contributed by atoms with Gasteiger partial charge >= 0.3 is 0 Å². The maximum atomic E-state index is 13.1. The van der Waals surface area contributed by atoms with Gasteiger partial charge in [-0.2, -0.15) is 0 Å². The minimum atomic E-state index is -0.183. The van der Waals surface area contributed by atoms with Crippen LogP contribution in [0.4, 0.5) is 0 Å². The number of aromatic nitrogens is 4. The first-order valence-corrected chi connectivity index (χ1v) is 9.94. The van der Waals surface area contributed by atoms with Crippen LogP contribution in [-0.4, -0.2) is 33.0 Å². The number of fused-ring (bicyclic) bond motifs is 1. The van der Waals surface area contributed by atoms with E-state index in [2.05, 4.69) is 34.1 Å². The first-order chi connectivity index (χ1) is 14.4. The lowest BCUT2D eigenvalue weighted by molar-refractivity contribution is 0.0915. The Balaban J connectivity index is 1.67. The maximum absolute atomic E-state index is 13.1. The molecular formula is C23H25N5O2. The third-order valence-corrected chi connectivity index (χ3v) is 5.44. The number of carbonyl (C=O) groups is 1. The fourth-order valence-corrected chi connectivity index (χ4v) is 4.05. The summed E-state index contributed by atoms with van der Waals surface area (Å²) in [6.07, 6.45) is 8.31. The number of nitrogens with one attached hydrogen (secondary N) is 1. The number of nitrogens with zero attached hydrogens (tertiary/aromatic N) is 4. The molecule has 2 aromatic heterocycles. The van der Waals surface area contributed by atoms with Crippen LogP contribution in [0.3, 0.4) is 0 Å². The van der Waals surface area contributed by atoms with E-state index >= 15 is 0 Å². The monoisotopic (exact) mass is 403 g/mol.